The van der Waals surface area contributed by atoms with E-state index in [1.54, 1.807) is 6.07 Å². The Balaban J connectivity index is 1.33. The summed E-state index contributed by atoms with van der Waals surface area (Å²) < 4.78 is 26.2. The molecule has 0 saturated carbocycles. The Morgan fingerprint density at radius 3 is 2.42 bits per heavy atom. The van der Waals surface area contributed by atoms with Crippen LogP contribution in [0.3, 0.4) is 0 Å². The number of para-hydroxylation sites is 2. The van der Waals surface area contributed by atoms with Gasteiger partial charge in [-0.05, 0) is 30.3 Å². The van der Waals surface area contributed by atoms with E-state index in [4.69, 9.17) is 4.98 Å². The predicted octanol–water partition coefficient (Wildman–Crippen LogP) is 2.93. The molecule has 2 aromatic heterocycles. The predicted molar refractivity (Wildman–Crippen MR) is 116 cm³/mol. The molecule has 0 N–H and O–H groups in total. The maximum absolute atomic E-state index is 12.6. The summed E-state index contributed by atoms with van der Waals surface area (Å²) in [5.41, 5.74) is 2.77. The van der Waals surface area contributed by atoms with Crippen LogP contribution in [-0.4, -0.2) is 52.1 Å². The van der Waals surface area contributed by atoms with Crippen molar-refractivity contribution in [2.45, 2.75) is 13.0 Å². The molecule has 0 aliphatic carbocycles. The summed E-state index contributed by atoms with van der Waals surface area (Å²) in [6.07, 6.45) is 0.402. The molecule has 0 radical (unpaired) electrons. The van der Waals surface area contributed by atoms with Crippen LogP contribution in [0, 0.1) is 0 Å². The van der Waals surface area contributed by atoms with Crippen molar-refractivity contribution < 1.29 is 8.78 Å². The van der Waals surface area contributed by atoms with Crippen LogP contribution in [0.5, 0.6) is 0 Å². The number of fused-ring (bicyclic) bond motifs is 2. The number of aromatic nitrogens is 4. The number of rotatable bonds is 4. The third-order valence-electron chi connectivity index (χ3n) is 5.55. The molecule has 158 valence electrons. The second-order valence-corrected chi connectivity index (χ2v) is 7.49. The maximum atomic E-state index is 12.6. The van der Waals surface area contributed by atoms with E-state index in [2.05, 4.69) is 19.8 Å². The Morgan fingerprint density at radius 1 is 0.903 bits per heavy atom. The summed E-state index contributed by atoms with van der Waals surface area (Å²) in [6, 6.07) is 13.2. The lowest BCUT2D eigenvalue weighted by Crippen LogP contribution is -2.46. The molecule has 1 aliphatic rings. The van der Waals surface area contributed by atoms with Crippen molar-refractivity contribution in [3.63, 3.8) is 0 Å². The average molecular weight is 422 g/mol. The number of anilines is 2. The fraction of sp³-hybridized carbons (Fsp3) is 0.273. The van der Waals surface area contributed by atoms with Crippen LogP contribution in [-0.2, 0) is 6.54 Å². The summed E-state index contributed by atoms with van der Waals surface area (Å²) in [4.78, 5) is 30.3. The van der Waals surface area contributed by atoms with E-state index in [9.17, 15) is 13.6 Å². The summed E-state index contributed by atoms with van der Waals surface area (Å²) in [6.45, 7) is 2.48. The topological polar surface area (TPSA) is 67.2 Å². The first kappa shape index (κ1) is 19.3. The molecule has 0 spiro atoms. The van der Waals surface area contributed by atoms with Gasteiger partial charge in [-0.25, -0.2) is 18.7 Å². The van der Waals surface area contributed by atoms with Gasteiger partial charge in [-0.3, -0.25) is 14.3 Å². The molecule has 1 aliphatic heterocycles. The Hall–Kier alpha value is -3.62. The number of hydrogen-bond donors (Lipinski definition) is 0. The van der Waals surface area contributed by atoms with Gasteiger partial charge in [0.25, 0.3) is 12.0 Å². The molecular weight excluding hydrogens is 402 g/mol. The lowest BCUT2D eigenvalue weighted by Gasteiger charge is -2.36. The molecule has 7 nitrogen and oxygen atoms in total. The van der Waals surface area contributed by atoms with Gasteiger partial charge < -0.3 is 9.80 Å². The number of halogens is 2. The van der Waals surface area contributed by atoms with Crippen LogP contribution in [0.4, 0.5) is 20.3 Å². The third kappa shape index (κ3) is 3.78. The van der Waals surface area contributed by atoms with E-state index < -0.39 is 18.5 Å². The second-order valence-electron chi connectivity index (χ2n) is 7.49. The summed E-state index contributed by atoms with van der Waals surface area (Å²) in [5.74, 6) is 0.859. The van der Waals surface area contributed by atoms with Gasteiger partial charge in [0, 0.05) is 31.9 Å². The lowest BCUT2D eigenvalue weighted by molar-refractivity contribution is 0.125. The number of alkyl halides is 2. The highest BCUT2D eigenvalue weighted by Crippen LogP contribution is 2.23. The summed E-state index contributed by atoms with van der Waals surface area (Å²) >= 11 is 0. The Bertz CT molecular complexity index is 1300. The van der Waals surface area contributed by atoms with Crippen molar-refractivity contribution in [3.05, 3.63) is 65.3 Å². The van der Waals surface area contributed by atoms with E-state index in [1.165, 1.54) is 6.33 Å². The number of piperazine rings is 1. The Labute approximate surface area is 176 Å². The van der Waals surface area contributed by atoms with Gasteiger partial charge in [-0.2, -0.15) is 0 Å². The van der Waals surface area contributed by atoms with Gasteiger partial charge in [0.1, 0.15) is 5.82 Å². The van der Waals surface area contributed by atoms with Crippen molar-refractivity contribution in [1.29, 1.82) is 0 Å². The summed E-state index contributed by atoms with van der Waals surface area (Å²) in [7, 11) is 0. The normalized spacial score (nSPS) is 14.7. The van der Waals surface area contributed by atoms with Gasteiger partial charge >= 0.3 is 0 Å². The molecule has 0 atom stereocenters. The zero-order valence-corrected chi connectivity index (χ0v) is 16.7. The first-order valence-electron chi connectivity index (χ1n) is 10.1. The largest absolute Gasteiger partial charge is 0.368 e. The zero-order valence-electron chi connectivity index (χ0n) is 16.7. The standard InChI is InChI=1S/C22H20F2N6O/c23-20(24)13-30-14-26-19-11-15(5-6-16(19)22(30)31)28-7-9-29(10-8-28)21-12-25-17-3-1-2-4-18(17)27-21/h1-6,11-12,14,20H,7-10,13H2. The monoisotopic (exact) mass is 422 g/mol. The quantitative estimate of drug-likeness (QED) is 0.504. The smallest absolute Gasteiger partial charge is 0.261 e. The van der Waals surface area contributed by atoms with E-state index in [1.807, 2.05) is 42.6 Å². The molecule has 0 unspecified atom stereocenters. The van der Waals surface area contributed by atoms with Crippen LogP contribution in [0.1, 0.15) is 0 Å². The van der Waals surface area contributed by atoms with Gasteiger partial charge in [-0.1, -0.05) is 12.1 Å². The SMILES string of the molecule is O=c1c2ccc(N3CCN(c4cnc5ccccc5n4)CC3)cc2ncn1CC(F)F. The second kappa shape index (κ2) is 7.90. The lowest BCUT2D eigenvalue weighted by atomic mass is 10.2. The van der Waals surface area contributed by atoms with Crippen molar-refractivity contribution >= 4 is 33.4 Å². The molecule has 5 rings (SSSR count). The number of hydrogen-bond acceptors (Lipinski definition) is 6. The van der Waals surface area contributed by atoms with Crippen LogP contribution in [0.15, 0.2) is 59.8 Å². The van der Waals surface area contributed by atoms with E-state index in [0.717, 1.165) is 53.3 Å². The van der Waals surface area contributed by atoms with Crippen LogP contribution < -0.4 is 15.4 Å². The van der Waals surface area contributed by atoms with Crippen molar-refractivity contribution in [3.8, 4) is 0 Å². The van der Waals surface area contributed by atoms with E-state index in [-0.39, 0.29) is 0 Å². The van der Waals surface area contributed by atoms with Gasteiger partial charge in [0.15, 0.2) is 0 Å². The van der Waals surface area contributed by atoms with Crippen molar-refractivity contribution in [2.75, 3.05) is 36.0 Å². The van der Waals surface area contributed by atoms with Crippen LogP contribution >= 0.6 is 0 Å². The fourth-order valence-electron chi connectivity index (χ4n) is 3.92. The first-order valence-corrected chi connectivity index (χ1v) is 10.1. The molecule has 3 heterocycles. The molecule has 0 amide bonds. The Morgan fingerprint density at radius 2 is 1.65 bits per heavy atom. The molecule has 1 saturated heterocycles. The minimum absolute atomic E-state index is 0.344. The van der Waals surface area contributed by atoms with Crippen LogP contribution in [0.2, 0.25) is 0 Å². The molecule has 4 aromatic rings. The van der Waals surface area contributed by atoms with Crippen molar-refractivity contribution in [1.82, 2.24) is 19.5 Å². The van der Waals surface area contributed by atoms with Gasteiger partial charge in [-0.15, -0.1) is 0 Å². The molecule has 31 heavy (non-hydrogen) atoms. The molecule has 0 bridgehead atoms. The average Bonchev–Trinajstić information content (AvgIpc) is 2.80. The van der Waals surface area contributed by atoms with Gasteiger partial charge in [0.05, 0.1) is 41.0 Å². The zero-order chi connectivity index (χ0) is 21.4. The Kier molecular flexibility index (Phi) is 4.93. The van der Waals surface area contributed by atoms with Crippen LogP contribution in [0.25, 0.3) is 21.9 Å². The minimum Gasteiger partial charge on any atom is -0.368 e. The first-order chi connectivity index (χ1) is 15.1. The fourth-order valence-corrected chi connectivity index (χ4v) is 3.92. The number of benzene rings is 2. The molecular formula is C22H20F2N6O. The van der Waals surface area contributed by atoms with Gasteiger partial charge in [0.2, 0.25) is 0 Å². The minimum atomic E-state index is -2.60. The maximum Gasteiger partial charge on any atom is 0.261 e. The van der Waals surface area contributed by atoms with Crippen molar-refractivity contribution in [2.24, 2.45) is 0 Å². The highest BCUT2D eigenvalue weighted by molar-refractivity contribution is 5.81. The highest BCUT2D eigenvalue weighted by Gasteiger charge is 2.20. The molecule has 1 fully saturated rings. The third-order valence-corrected chi connectivity index (χ3v) is 5.55. The number of nitrogens with zero attached hydrogens (tertiary/aromatic N) is 6. The summed E-state index contributed by atoms with van der Waals surface area (Å²) in [5, 5.41) is 0.344. The molecule has 2 aromatic carbocycles. The van der Waals surface area contributed by atoms with E-state index >= 15 is 0 Å². The van der Waals surface area contributed by atoms with E-state index in [0.29, 0.717) is 10.9 Å². The highest BCUT2D eigenvalue weighted by atomic mass is 19.3. The molecule has 9 heteroatoms.